The van der Waals surface area contributed by atoms with Crippen molar-refractivity contribution < 1.29 is 9.90 Å². The molecule has 118 valence electrons. The van der Waals surface area contributed by atoms with Gasteiger partial charge in [-0.05, 0) is 35.8 Å². The normalized spacial score (nSPS) is 10.5. The first-order chi connectivity index (χ1) is 11.2. The van der Waals surface area contributed by atoms with E-state index in [-0.39, 0.29) is 17.5 Å². The van der Waals surface area contributed by atoms with E-state index in [0.29, 0.717) is 17.9 Å². The molecule has 0 aromatic carbocycles. The van der Waals surface area contributed by atoms with Crippen LogP contribution in [0, 0.1) is 0 Å². The molecular weight excluding hydrogens is 316 g/mol. The molecule has 23 heavy (non-hydrogen) atoms. The number of aromatic nitrogens is 3. The molecule has 1 amide bonds. The van der Waals surface area contributed by atoms with Gasteiger partial charge < -0.3 is 10.4 Å². The quantitative estimate of drug-likeness (QED) is 0.532. The predicted molar refractivity (Wildman–Crippen MR) is 89.5 cm³/mol. The minimum absolute atomic E-state index is 0.0928. The molecular formula is C14H14N6O2S. The Balaban J connectivity index is 1.75. The van der Waals surface area contributed by atoms with Crippen molar-refractivity contribution in [3.8, 4) is 5.75 Å². The van der Waals surface area contributed by atoms with Gasteiger partial charge in [0.1, 0.15) is 10.8 Å². The van der Waals surface area contributed by atoms with E-state index in [1.807, 2.05) is 12.1 Å². The van der Waals surface area contributed by atoms with E-state index < -0.39 is 0 Å². The zero-order valence-corrected chi connectivity index (χ0v) is 13.0. The lowest BCUT2D eigenvalue weighted by molar-refractivity contribution is -0.115. The van der Waals surface area contributed by atoms with Crippen LogP contribution in [0.2, 0.25) is 0 Å². The number of amides is 1. The van der Waals surface area contributed by atoms with Crippen molar-refractivity contribution in [2.45, 2.75) is 13.3 Å². The van der Waals surface area contributed by atoms with Gasteiger partial charge in [-0.1, -0.05) is 6.92 Å². The first kappa shape index (κ1) is 15.0. The van der Waals surface area contributed by atoms with E-state index in [1.165, 1.54) is 17.6 Å². The Morgan fingerprint density at radius 3 is 3.00 bits per heavy atom. The monoisotopic (exact) mass is 330 g/mol. The molecule has 3 rings (SSSR count). The third kappa shape index (κ3) is 3.29. The van der Waals surface area contributed by atoms with E-state index in [0.717, 1.165) is 10.4 Å². The molecule has 0 spiro atoms. The number of nitrogens with one attached hydrogen (secondary N) is 3. The van der Waals surface area contributed by atoms with Crippen molar-refractivity contribution in [3.05, 3.63) is 30.5 Å². The van der Waals surface area contributed by atoms with Crippen molar-refractivity contribution >= 4 is 45.1 Å². The second-order valence-corrected chi connectivity index (χ2v) is 5.38. The molecule has 0 aliphatic carbocycles. The molecule has 0 unspecified atom stereocenters. The van der Waals surface area contributed by atoms with Crippen LogP contribution in [0.3, 0.4) is 0 Å². The zero-order valence-electron chi connectivity index (χ0n) is 12.2. The predicted octanol–water partition coefficient (Wildman–Crippen LogP) is 2.58. The fraction of sp³-hybridized carbons (Fsp3) is 0.143. The smallest absolute Gasteiger partial charge is 0.225 e. The number of hydrogen-bond acceptors (Lipinski definition) is 8. The van der Waals surface area contributed by atoms with Gasteiger partial charge in [0, 0.05) is 12.6 Å². The lowest BCUT2D eigenvalue weighted by Gasteiger charge is -2.10. The fourth-order valence-electron chi connectivity index (χ4n) is 1.83. The second-order valence-electron chi connectivity index (χ2n) is 4.60. The van der Waals surface area contributed by atoms with Crippen LogP contribution in [0.1, 0.15) is 13.3 Å². The molecule has 0 bridgehead atoms. The number of carbonyl (C=O) groups excluding carboxylic acids is 1. The average Bonchev–Trinajstić information content (AvgIpc) is 2.98. The maximum Gasteiger partial charge on any atom is 0.225 e. The number of hydrazine groups is 1. The summed E-state index contributed by atoms with van der Waals surface area (Å²) in [6.07, 6.45) is 1.99. The Kier molecular flexibility index (Phi) is 4.20. The number of carbonyl (C=O) groups is 1. The molecule has 3 aromatic rings. The van der Waals surface area contributed by atoms with Gasteiger partial charge in [0.2, 0.25) is 5.91 Å². The summed E-state index contributed by atoms with van der Waals surface area (Å²) in [6, 6.07) is 6.78. The van der Waals surface area contributed by atoms with Gasteiger partial charge in [0.05, 0.1) is 5.39 Å². The van der Waals surface area contributed by atoms with Gasteiger partial charge >= 0.3 is 0 Å². The Morgan fingerprint density at radius 2 is 2.17 bits per heavy atom. The lowest BCUT2D eigenvalue weighted by Crippen LogP contribution is -2.13. The van der Waals surface area contributed by atoms with Crippen LogP contribution in [-0.2, 0) is 4.79 Å². The number of rotatable bonds is 5. The van der Waals surface area contributed by atoms with Gasteiger partial charge in [-0.15, -0.1) is 0 Å². The molecule has 0 fully saturated rings. The van der Waals surface area contributed by atoms with Crippen LogP contribution in [0.5, 0.6) is 5.75 Å². The molecule has 3 heterocycles. The van der Waals surface area contributed by atoms with Crippen molar-refractivity contribution in [1.82, 2.24) is 14.3 Å². The van der Waals surface area contributed by atoms with E-state index in [9.17, 15) is 9.90 Å². The standard InChI is InChI=1S/C14H14N6O2S/c1-2-11(22)17-13-9(21)5-6-10(16-13)18-19-14-8-4-3-7-15-12(8)20-23-14/h3-7,19,21H,2H2,1H3,(H2,16,17,18,22). The topological polar surface area (TPSA) is 112 Å². The van der Waals surface area contributed by atoms with Gasteiger partial charge in [-0.25, -0.2) is 9.97 Å². The van der Waals surface area contributed by atoms with Crippen LogP contribution in [0.4, 0.5) is 16.6 Å². The molecule has 9 heteroatoms. The number of nitrogens with zero attached hydrogens (tertiary/aromatic N) is 3. The average molecular weight is 330 g/mol. The summed E-state index contributed by atoms with van der Waals surface area (Å²) in [5.74, 6) is 0.237. The lowest BCUT2D eigenvalue weighted by atomic mass is 10.3. The molecule has 4 N–H and O–H groups in total. The summed E-state index contributed by atoms with van der Waals surface area (Å²) in [7, 11) is 0. The van der Waals surface area contributed by atoms with Crippen LogP contribution in [0.25, 0.3) is 11.0 Å². The molecule has 0 saturated carbocycles. The molecule has 0 aliphatic rings. The summed E-state index contributed by atoms with van der Waals surface area (Å²) in [4.78, 5) is 19.7. The van der Waals surface area contributed by atoms with Crippen LogP contribution < -0.4 is 16.2 Å². The largest absolute Gasteiger partial charge is 0.504 e. The summed E-state index contributed by atoms with van der Waals surface area (Å²) in [6.45, 7) is 1.72. The van der Waals surface area contributed by atoms with E-state index >= 15 is 0 Å². The van der Waals surface area contributed by atoms with Crippen molar-refractivity contribution in [3.63, 3.8) is 0 Å². The second kappa shape index (κ2) is 6.44. The van der Waals surface area contributed by atoms with Crippen LogP contribution >= 0.6 is 11.5 Å². The van der Waals surface area contributed by atoms with Crippen LogP contribution in [-0.4, -0.2) is 25.4 Å². The third-order valence-electron chi connectivity index (χ3n) is 3.01. The zero-order chi connectivity index (χ0) is 16.2. The highest BCUT2D eigenvalue weighted by Gasteiger charge is 2.09. The van der Waals surface area contributed by atoms with Crippen molar-refractivity contribution in [1.29, 1.82) is 0 Å². The minimum atomic E-state index is -0.225. The SMILES string of the molecule is CCC(=O)Nc1nc(NNc2snc3ncccc23)ccc1O. The van der Waals surface area contributed by atoms with Crippen LogP contribution in [0.15, 0.2) is 30.5 Å². The van der Waals surface area contributed by atoms with Crippen molar-refractivity contribution in [2.24, 2.45) is 0 Å². The number of pyridine rings is 2. The summed E-state index contributed by atoms with van der Waals surface area (Å²) in [5, 5.41) is 14.0. The summed E-state index contributed by atoms with van der Waals surface area (Å²) in [5.41, 5.74) is 6.59. The van der Waals surface area contributed by atoms with Gasteiger partial charge in [-0.2, -0.15) is 4.37 Å². The fourth-order valence-corrected chi connectivity index (χ4v) is 2.51. The van der Waals surface area contributed by atoms with Gasteiger partial charge in [0.15, 0.2) is 17.2 Å². The third-order valence-corrected chi connectivity index (χ3v) is 3.78. The number of aromatic hydroxyl groups is 1. The highest BCUT2D eigenvalue weighted by molar-refractivity contribution is 7.11. The maximum atomic E-state index is 11.4. The molecule has 3 aromatic heterocycles. The highest BCUT2D eigenvalue weighted by atomic mass is 32.1. The Bertz CT molecular complexity index is 850. The minimum Gasteiger partial charge on any atom is -0.504 e. The molecule has 0 radical (unpaired) electrons. The van der Waals surface area contributed by atoms with E-state index in [4.69, 9.17) is 0 Å². The maximum absolute atomic E-state index is 11.4. The van der Waals surface area contributed by atoms with Gasteiger partial charge in [-0.3, -0.25) is 15.6 Å². The number of fused-ring (bicyclic) bond motifs is 1. The summed E-state index contributed by atoms with van der Waals surface area (Å²) >= 11 is 1.27. The first-order valence-corrected chi connectivity index (χ1v) is 7.67. The van der Waals surface area contributed by atoms with Crippen molar-refractivity contribution in [2.75, 3.05) is 16.2 Å². The molecule has 8 nitrogen and oxygen atoms in total. The molecule has 0 saturated heterocycles. The number of hydrogen-bond donors (Lipinski definition) is 4. The first-order valence-electron chi connectivity index (χ1n) is 6.89. The van der Waals surface area contributed by atoms with E-state index in [1.54, 1.807) is 19.2 Å². The Morgan fingerprint density at radius 1 is 1.30 bits per heavy atom. The summed E-state index contributed by atoms with van der Waals surface area (Å²) < 4.78 is 4.22. The molecule has 0 aliphatic heterocycles. The Hall–Kier alpha value is -2.94. The van der Waals surface area contributed by atoms with E-state index in [2.05, 4.69) is 30.5 Å². The number of anilines is 3. The highest BCUT2D eigenvalue weighted by Crippen LogP contribution is 2.27. The van der Waals surface area contributed by atoms with Gasteiger partial charge in [0.25, 0.3) is 0 Å². The molecule has 0 atom stereocenters. The Labute approximate surface area is 135 Å².